The molecule has 0 aliphatic heterocycles. The Balaban J connectivity index is 0.000000810. The summed E-state index contributed by atoms with van der Waals surface area (Å²) in [7, 11) is 0. The predicted molar refractivity (Wildman–Crippen MR) is 46.4 cm³/mol. The molecule has 1 aromatic carbocycles. The fourth-order valence-electron chi connectivity index (χ4n) is 1.20. The van der Waals surface area contributed by atoms with Gasteiger partial charge in [0, 0.05) is 51.4 Å². The van der Waals surface area contributed by atoms with Gasteiger partial charge in [-0.15, -0.1) is 0 Å². The number of rotatable bonds is 0. The van der Waals surface area contributed by atoms with Crippen molar-refractivity contribution in [3.05, 3.63) is 34.9 Å². The van der Waals surface area contributed by atoms with Crippen molar-refractivity contribution >= 4 is 51.4 Å². The van der Waals surface area contributed by atoms with Crippen molar-refractivity contribution in [3.63, 3.8) is 0 Å². The van der Waals surface area contributed by atoms with E-state index in [4.69, 9.17) is 0 Å². The molecule has 1 radical (unpaired) electrons. The zero-order valence-electron chi connectivity index (χ0n) is 7.23. The van der Waals surface area contributed by atoms with E-state index in [1.54, 1.807) is 0 Å². The molecule has 1 aromatic rings. The first kappa shape index (κ1) is 10.9. The summed E-state index contributed by atoms with van der Waals surface area (Å²) < 4.78 is 0. The Kier molecular flexibility index (Phi) is 5.08. The molecule has 0 aromatic heterocycles. The molecule has 0 nitrogen and oxygen atoms in total. The van der Waals surface area contributed by atoms with Crippen molar-refractivity contribution in [2.45, 2.75) is 20.8 Å². The Morgan fingerprint density at radius 2 is 0.900 bits per heavy atom. The Bertz CT molecular complexity index is 165. The van der Waals surface area contributed by atoms with Crippen molar-refractivity contribution in [3.8, 4) is 0 Å². The average molecular weight is 159 g/mol. The minimum Gasteiger partial charge on any atom is -0.0564 e. The molecular formula is C9H12K. The number of hydrogen-bond acceptors (Lipinski definition) is 0. The van der Waals surface area contributed by atoms with E-state index in [2.05, 4.69) is 39.0 Å². The van der Waals surface area contributed by atoms with E-state index in [1.807, 2.05) is 0 Å². The van der Waals surface area contributed by atoms with E-state index < -0.39 is 0 Å². The number of benzene rings is 1. The van der Waals surface area contributed by atoms with Crippen LogP contribution in [0.15, 0.2) is 18.2 Å². The molecule has 0 saturated heterocycles. The minimum atomic E-state index is 0. The first-order valence-electron chi connectivity index (χ1n) is 3.23. The molecule has 1 rings (SSSR count). The van der Waals surface area contributed by atoms with Crippen molar-refractivity contribution < 1.29 is 0 Å². The van der Waals surface area contributed by atoms with Crippen molar-refractivity contribution in [2.75, 3.05) is 0 Å². The van der Waals surface area contributed by atoms with Gasteiger partial charge in [0.25, 0.3) is 0 Å². The molecule has 0 aliphatic carbocycles. The van der Waals surface area contributed by atoms with E-state index in [0.717, 1.165) is 0 Å². The summed E-state index contributed by atoms with van der Waals surface area (Å²) >= 11 is 0. The van der Waals surface area contributed by atoms with E-state index in [1.165, 1.54) is 16.7 Å². The van der Waals surface area contributed by atoms with Gasteiger partial charge in [0.05, 0.1) is 0 Å². The van der Waals surface area contributed by atoms with E-state index in [-0.39, 0.29) is 51.4 Å². The maximum Gasteiger partial charge on any atom is 0 e. The first-order chi connectivity index (χ1) is 4.18. The molecule has 0 spiro atoms. The van der Waals surface area contributed by atoms with Crippen LogP contribution in [0.4, 0.5) is 0 Å². The molecule has 0 fully saturated rings. The summed E-state index contributed by atoms with van der Waals surface area (Å²) in [5, 5.41) is 0. The summed E-state index contributed by atoms with van der Waals surface area (Å²) in [4.78, 5) is 0. The molecule has 0 amide bonds. The molecule has 0 atom stereocenters. The van der Waals surface area contributed by atoms with Crippen molar-refractivity contribution in [1.82, 2.24) is 0 Å². The number of aryl methyl sites for hydroxylation is 3. The molecule has 0 aliphatic rings. The number of hydrogen-bond donors (Lipinski definition) is 0. The van der Waals surface area contributed by atoms with Crippen LogP contribution in [0.1, 0.15) is 16.7 Å². The molecule has 1 heteroatoms. The summed E-state index contributed by atoms with van der Waals surface area (Å²) in [6, 6.07) is 6.56. The Hall–Kier alpha value is 0.856. The van der Waals surface area contributed by atoms with E-state index in [9.17, 15) is 0 Å². The second kappa shape index (κ2) is 4.68. The van der Waals surface area contributed by atoms with Crippen LogP contribution in [0.3, 0.4) is 0 Å². The molecule has 0 unspecified atom stereocenters. The fraction of sp³-hybridized carbons (Fsp3) is 0.333. The first-order valence-corrected chi connectivity index (χ1v) is 3.23. The van der Waals surface area contributed by atoms with Crippen molar-refractivity contribution in [1.29, 1.82) is 0 Å². The normalized spacial score (nSPS) is 8.70. The van der Waals surface area contributed by atoms with Crippen LogP contribution in [0.5, 0.6) is 0 Å². The maximum atomic E-state index is 2.19. The Morgan fingerprint density at radius 1 is 0.700 bits per heavy atom. The summed E-state index contributed by atoms with van der Waals surface area (Å²) in [5.74, 6) is 0. The molecule has 10 heavy (non-hydrogen) atoms. The van der Waals surface area contributed by atoms with Crippen LogP contribution in [0.2, 0.25) is 0 Å². The van der Waals surface area contributed by atoms with E-state index in [0.29, 0.717) is 0 Å². The predicted octanol–water partition coefficient (Wildman–Crippen LogP) is 2.23. The molecule has 0 N–H and O–H groups in total. The monoisotopic (exact) mass is 159 g/mol. The maximum absolute atomic E-state index is 2.19. The molecular weight excluding hydrogens is 147 g/mol. The SMILES string of the molecule is Cc1cc(C)cc(C)c1.[K]. The Morgan fingerprint density at radius 3 is 1.10 bits per heavy atom. The molecule has 49 valence electrons. The molecule has 0 heterocycles. The third-order valence-electron chi connectivity index (χ3n) is 1.37. The van der Waals surface area contributed by atoms with Gasteiger partial charge in [-0.1, -0.05) is 34.9 Å². The fourth-order valence-corrected chi connectivity index (χ4v) is 1.20. The van der Waals surface area contributed by atoms with Gasteiger partial charge in [-0.25, -0.2) is 0 Å². The van der Waals surface area contributed by atoms with Crippen LogP contribution in [-0.4, -0.2) is 51.4 Å². The summed E-state index contributed by atoms with van der Waals surface area (Å²) in [6.07, 6.45) is 0. The van der Waals surface area contributed by atoms with Gasteiger partial charge in [-0.3, -0.25) is 0 Å². The van der Waals surface area contributed by atoms with Crippen LogP contribution in [0, 0.1) is 20.8 Å². The third kappa shape index (κ3) is 3.31. The van der Waals surface area contributed by atoms with Gasteiger partial charge in [0.2, 0.25) is 0 Å². The second-order valence-electron chi connectivity index (χ2n) is 2.67. The minimum absolute atomic E-state index is 0. The van der Waals surface area contributed by atoms with Gasteiger partial charge >= 0.3 is 0 Å². The van der Waals surface area contributed by atoms with E-state index >= 15 is 0 Å². The van der Waals surface area contributed by atoms with Crippen LogP contribution in [0.25, 0.3) is 0 Å². The smallest absolute Gasteiger partial charge is 0 e. The molecule has 0 bridgehead atoms. The zero-order valence-corrected chi connectivity index (χ0v) is 10.4. The average Bonchev–Trinajstić information content (AvgIpc) is 1.59. The topological polar surface area (TPSA) is 0 Å². The van der Waals surface area contributed by atoms with Gasteiger partial charge in [-0.05, 0) is 20.8 Å². The van der Waals surface area contributed by atoms with Gasteiger partial charge in [0.15, 0.2) is 0 Å². The molecule has 0 saturated carbocycles. The summed E-state index contributed by atoms with van der Waals surface area (Å²) in [5.41, 5.74) is 4.06. The van der Waals surface area contributed by atoms with Gasteiger partial charge in [-0.2, -0.15) is 0 Å². The van der Waals surface area contributed by atoms with Crippen LogP contribution < -0.4 is 0 Å². The standard InChI is InChI=1S/C9H12.K/c1-7-4-8(2)6-9(3)5-7;/h4-6H,1-3H3;. The van der Waals surface area contributed by atoms with Gasteiger partial charge < -0.3 is 0 Å². The largest absolute Gasteiger partial charge is 0.0564 e. The zero-order chi connectivity index (χ0) is 6.85. The van der Waals surface area contributed by atoms with Gasteiger partial charge in [0.1, 0.15) is 0 Å². The second-order valence-corrected chi connectivity index (χ2v) is 2.67. The summed E-state index contributed by atoms with van der Waals surface area (Å²) in [6.45, 7) is 6.38. The Labute approximate surface area is 105 Å². The third-order valence-corrected chi connectivity index (χ3v) is 1.37. The van der Waals surface area contributed by atoms with Crippen LogP contribution >= 0.6 is 0 Å². The van der Waals surface area contributed by atoms with Crippen LogP contribution in [-0.2, 0) is 0 Å². The quantitative estimate of drug-likeness (QED) is 0.509. The van der Waals surface area contributed by atoms with Crippen molar-refractivity contribution in [2.24, 2.45) is 0 Å².